The molecule has 1 aromatic carbocycles. The molecule has 82 valence electrons. The lowest BCUT2D eigenvalue weighted by Gasteiger charge is -2.18. The van der Waals surface area contributed by atoms with Crippen LogP contribution in [0.1, 0.15) is 26.2 Å². The predicted octanol–water partition coefficient (Wildman–Crippen LogP) is 3.57. The fraction of sp³-hybridized carbons (Fsp3) is 0.500. The third-order valence-electron chi connectivity index (χ3n) is 3.13. The Morgan fingerprint density at radius 1 is 1.20 bits per heavy atom. The van der Waals surface area contributed by atoms with E-state index < -0.39 is 11.6 Å². The fourth-order valence-corrected chi connectivity index (χ4v) is 2.16. The van der Waals surface area contributed by atoms with Gasteiger partial charge in [0.1, 0.15) is 0 Å². The van der Waals surface area contributed by atoms with Gasteiger partial charge in [0.15, 0.2) is 11.6 Å². The molecule has 1 aliphatic carbocycles. The maximum Gasteiger partial charge on any atom is 0.160 e. The first-order valence-electron chi connectivity index (χ1n) is 5.38. The SMILES string of the molecule is C[C@H]1CCC[C@@H]1Nc1ccc(F)c(F)c1. The van der Waals surface area contributed by atoms with E-state index in [4.69, 9.17) is 0 Å². The van der Waals surface area contributed by atoms with Crippen LogP contribution in [0.25, 0.3) is 0 Å². The highest BCUT2D eigenvalue weighted by atomic mass is 19.2. The monoisotopic (exact) mass is 211 g/mol. The van der Waals surface area contributed by atoms with Crippen LogP contribution < -0.4 is 5.32 Å². The molecule has 0 spiro atoms. The molecule has 0 bridgehead atoms. The van der Waals surface area contributed by atoms with Crippen LogP contribution in [0.2, 0.25) is 0 Å². The summed E-state index contributed by atoms with van der Waals surface area (Å²) in [7, 11) is 0. The van der Waals surface area contributed by atoms with Crippen molar-refractivity contribution in [2.45, 2.75) is 32.2 Å². The van der Waals surface area contributed by atoms with Gasteiger partial charge in [0.05, 0.1) is 0 Å². The standard InChI is InChI=1S/C12H15F2N/c1-8-3-2-4-12(8)15-9-5-6-10(13)11(14)7-9/h5-8,12,15H,2-4H2,1H3/t8-,12-/m0/s1. The highest BCUT2D eigenvalue weighted by Gasteiger charge is 2.23. The van der Waals surface area contributed by atoms with Crippen molar-refractivity contribution in [2.75, 3.05) is 5.32 Å². The van der Waals surface area contributed by atoms with E-state index >= 15 is 0 Å². The van der Waals surface area contributed by atoms with Gasteiger partial charge in [0.2, 0.25) is 0 Å². The summed E-state index contributed by atoms with van der Waals surface area (Å²) < 4.78 is 25.6. The average Bonchev–Trinajstić information content (AvgIpc) is 2.59. The van der Waals surface area contributed by atoms with Crippen LogP contribution in [0.15, 0.2) is 18.2 Å². The van der Waals surface area contributed by atoms with Gasteiger partial charge in [-0.15, -0.1) is 0 Å². The van der Waals surface area contributed by atoms with E-state index in [1.165, 1.54) is 18.9 Å². The van der Waals surface area contributed by atoms with E-state index in [1.807, 2.05) is 0 Å². The third-order valence-corrected chi connectivity index (χ3v) is 3.13. The number of hydrogen-bond acceptors (Lipinski definition) is 1. The molecular formula is C12H15F2N. The molecule has 0 radical (unpaired) electrons. The minimum absolute atomic E-state index is 0.398. The molecule has 1 aromatic rings. The molecular weight excluding hydrogens is 196 g/mol. The Morgan fingerprint density at radius 2 is 2.00 bits per heavy atom. The fourth-order valence-electron chi connectivity index (χ4n) is 2.16. The highest BCUT2D eigenvalue weighted by Crippen LogP contribution is 2.28. The van der Waals surface area contributed by atoms with Gasteiger partial charge in [-0.1, -0.05) is 13.3 Å². The number of nitrogens with one attached hydrogen (secondary N) is 1. The molecule has 1 aliphatic rings. The number of halogens is 2. The van der Waals surface area contributed by atoms with Crippen LogP contribution in [-0.4, -0.2) is 6.04 Å². The van der Waals surface area contributed by atoms with Gasteiger partial charge in [-0.3, -0.25) is 0 Å². The van der Waals surface area contributed by atoms with Crippen molar-refractivity contribution < 1.29 is 8.78 Å². The van der Waals surface area contributed by atoms with Gasteiger partial charge in [0, 0.05) is 17.8 Å². The Balaban J connectivity index is 2.07. The second-order valence-corrected chi connectivity index (χ2v) is 4.29. The van der Waals surface area contributed by atoms with E-state index in [2.05, 4.69) is 12.2 Å². The largest absolute Gasteiger partial charge is 0.382 e. The van der Waals surface area contributed by atoms with Gasteiger partial charge < -0.3 is 5.32 Å². The molecule has 0 aliphatic heterocycles. The molecule has 0 aromatic heterocycles. The quantitative estimate of drug-likeness (QED) is 0.788. The Labute approximate surface area is 88.5 Å². The normalized spacial score (nSPS) is 25.5. The van der Waals surface area contributed by atoms with E-state index in [1.54, 1.807) is 6.07 Å². The second kappa shape index (κ2) is 4.17. The summed E-state index contributed by atoms with van der Waals surface area (Å²) in [6.45, 7) is 2.19. The smallest absolute Gasteiger partial charge is 0.160 e. The lowest BCUT2D eigenvalue weighted by Crippen LogP contribution is -2.21. The Morgan fingerprint density at radius 3 is 2.60 bits per heavy atom. The van der Waals surface area contributed by atoms with Crippen molar-refractivity contribution in [1.29, 1.82) is 0 Å². The van der Waals surface area contributed by atoms with Gasteiger partial charge >= 0.3 is 0 Å². The van der Waals surface area contributed by atoms with Crippen molar-refractivity contribution in [1.82, 2.24) is 0 Å². The van der Waals surface area contributed by atoms with Crippen LogP contribution in [0.3, 0.4) is 0 Å². The Kier molecular flexibility index (Phi) is 2.89. The van der Waals surface area contributed by atoms with E-state index in [0.29, 0.717) is 17.6 Å². The lowest BCUT2D eigenvalue weighted by molar-refractivity contribution is 0.508. The van der Waals surface area contributed by atoms with Crippen LogP contribution >= 0.6 is 0 Å². The summed E-state index contributed by atoms with van der Waals surface area (Å²) >= 11 is 0. The van der Waals surface area contributed by atoms with Gasteiger partial charge in [-0.05, 0) is 30.9 Å². The minimum atomic E-state index is -0.792. The molecule has 3 heteroatoms. The number of rotatable bonds is 2. The maximum atomic E-state index is 12.9. The van der Waals surface area contributed by atoms with E-state index in [9.17, 15) is 8.78 Å². The lowest BCUT2D eigenvalue weighted by atomic mass is 10.1. The molecule has 1 nitrogen and oxygen atoms in total. The van der Waals surface area contributed by atoms with Crippen molar-refractivity contribution in [3.63, 3.8) is 0 Å². The summed E-state index contributed by atoms with van der Waals surface area (Å²) in [5.41, 5.74) is 0.674. The van der Waals surface area contributed by atoms with Crippen LogP contribution in [-0.2, 0) is 0 Å². The molecule has 2 rings (SSSR count). The summed E-state index contributed by atoms with van der Waals surface area (Å²) in [5, 5.41) is 3.25. The molecule has 0 heterocycles. The molecule has 0 unspecified atom stereocenters. The molecule has 1 saturated carbocycles. The highest BCUT2D eigenvalue weighted by molar-refractivity contribution is 5.44. The zero-order chi connectivity index (χ0) is 10.8. The van der Waals surface area contributed by atoms with Crippen molar-refractivity contribution in [3.8, 4) is 0 Å². The van der Waals surface area contributed by atoms with Gasteiger partial charge in [-0.25, -0.2) is 8.78 Å². The second-order valence-electron chi connectivity index (χ2n) is 4.29. The van der Waals surface area contributed by atoms with Gasteiger partial charge in [-0.2, -0.15) is 0 Å². The number of hydrogen-bond donors (Lipinski definition) is 1. The van der Waals surface area contributed by atoms with Crippen LogP contribution in [0.5, 0.6) is 0 Å². The molecule has 1 N–H and O–H groups in total. The van der Waals surface area contributed by atoms with Crippen LogP contribution in [0.4, 0.5) is 14.5 Å². The minimum Gasteiger partial charge on any atom is -0.382 e. The molecule has 1 fully saturated rings. The Hall–Kier alpha value is -1.12. The van der Waals surface area contributed by atoms with Crippen LogP contribution in [0, 0.1) is 17.6 Å². The summed E-state index contributed by atoms with van der Waals surface area (Å²) in [6, 6.07) is 4.37. The van der Waals surface area contributed by atoms with Crippen molar-refractivity contribution in [2.24, 2.45) is 5.92 Å². The predicted molar refractivity (Wildman–Crippen MR) is 56.8 cm³/mol. The zero-order valence-electron chi connectivity index (χ0n) is 8.76. The van der Waals surface area contributed by atoms with Gasteiger partial charge in [0.25, 0.3) is 0 Å². The molecule has 2 atom stereocenters. The zero-order valence-corrected chi connectivity index (χ0v) is 8.76. The number of benzene rings is 1. The molecule has 0 amide bonds. The first-order chi connectivity index (χ1) is 7.16. The third kappa shape index (κ3) is 2.28. The van der Waals surface area contributed by atoms with Crippen molar-refractivity contribution in [3.05, 3.63) is 29.8 Å². The molecule has 0 saturated heterocycles. The first-order valence-corrected chi connectivity index (χ1v) is 5.38. The Bertz CT molecular complexity index is 351. The maximum absolute atomic E-state index is 12.9. The topological polar surface area (TPSA) is 12.0 Å². The van der Waals surface area contributed by atoms with E-state index in [0.717, 1.165) is 12.5 Å². The summed E-state index contributed by atoms with van der Waals surface area (Å²) in [6.07, 6.45) is 3.53. The first kappa shape index (κ1) is 10.4. The summed E-state index contributed by atoms with van der Waals surface area (Å²) in [5.74, 6) is -0.969. The van der Waals surface area contributed by atoms with Crippen molar-refractivity contribution >= 4 is 5.69 Å². The average molecular weight is 211 g/mol. The summed E-state index contributed by atoms with van der Waals surface area (Å²) in [4.78, 5) is 0. The van der Waals surface area contributed by atoms with E-state index in [-0.39, 0.29) is 0 Å². The molecule has 15 heavy (non-hydrogen) atoms. The number of anilines is 1.